The van der Waals surface area contributed by atoms with Crippen molar-refractivity contribution >= 4 is 20.9 Å². The molecule has 2 aromatic rings. The Kier molecular flexibility index (Phi) is 4.59. The summed E-state index contributed by atoms with van der Waals surface area (Å²) in [6.45, 7) is 9.87. The second-order valence-electron chi connectivity index (χ2n) is 7.65. The Morgan fingerprint density at radius 3 is 1.96 bits per heavy atom. The molecule has 0 aromatic heterocycles. The predicted octanol–water partition coefficient (Wildman–Crippen LogP) is 4.19. The van der Waals surface area contributed by atoms with Crippen LogP contribution in [0.2, 0.25) is 0 Å². The topological polar surface area (TPSA) is 66.4 Å². The van der Waals surface area contributed by atoms with E-state index in [1.165, 1.54) is 13.8 Å². The lowest BCUT2D eigenvalue weighted by Crippen LogP contribution is -2.55. The minimum absolute atomic E-state index is 0.754. The van der Waals surface area contributed by atoms with Gasteiger partial charge in [-0.05, 0) is 63.9 Å². The van der Waals surface area contributed by atoms with E-state index in [1.54, 1.807) is 13.8 Å². The first-order valence-corrected chi connectivity index (χ1v) is 9.34. The first-order chi connectivity index (χ1) is 10.8. The molecular formula is C19H25O4S-. The van der Waals surface area contributed by atoms with E-state index in [4.69, 9.17) is 4.74 Å². The molecule has 2 rings (SSSR count). The number of benzene rings is 2. The number of fused-ring (bicyclic) bond motifs is 1. The average Bonchev–Trinajstić information content (AvgIpc) is 2.44. The van der Waals surface area contributed by atoms with Gasteiger partial charge in [0.25, 0.3) is 0 Å². The van der Waals surface area contributed by atoms with E-state index in [-0.39, 0.29) is 0 Å². The van der Waals surface area contributed by atoms with Gasteiger partial charge in [0.2, 0.25) is 0 Å². The van der Waals surface area contributed by atoms with Crippen molar-refractivity contribution in [2.75, 3.05) is 0 Å². The Hall–Kier alpha value is -1.43. The molecule has 0 radical (unpaired) electrons. The predicted molar refractivity (Wildman–Crippen MR) is 95.9 cm³/mol. The molecule has 24 heavy (non-hydrogen) atoms. The van der Waals surface area contributed by atoms with Crippen LogP contribution in [0.1, 0.15) is 47.1 Å². The number of hydrogen-bond acceptors (Lipinski definition) is 4. The quantitative estimate of drug-likeness (QED) is 0.759. The zero-order valence-corrected chi connectivity index (χ0v) is 15.9. The second kappa shape index (κ2) is 5.83. The first kappa shape index (κ1) is 18.9. The standard InChI is InChI=1S/C19H26O4S/c1-17(2,23-18(3,4)19(5,6)24(20,21)22)16-12-11-14-9-7-8-10-15(14)13-16/h7-13H,1-6H3,(H,20,21,22)/p-1. The fourth-order valence-electron chi connectivity index (χ4n) is 2.68. The molecular weight excluding hydrogens is 324 g/mol. The van der Waals surface area contributed by atoms with E-state index < -0.39 is 26.1 Å². The van der Waals surface area contributed by atoms with Crippen LogP contribution < -0.4 is 0 Å². The summed E-state index contributed by atoms with van der Waals surface area (Å²) < 4.78 is 39.6. The SMILES string of the molecule is CC(C)(OC(C)(C)C(C)(C)S(=O)(=O)[O-])c1ccc2ccccc2c1. The molecule has 0 fully saturated rings. The third-order valence-electron chi connectivity index (χ3n) is 5.03. The second-order valence-corrected chi connectivity index (χ2v) is 9.58. The van der Waals surface area contributed by atoms with Crippen molar-refractivity contribution in [2.24, 2.45) is 0 Å². The first-order valence-electron chi connectivity index (χ1n) is 7.93. The lowest BCUT2D eigenvalue weighted by Gasteiger charge is -2.47. The van der Waals surface area contributed by atoms with E-state index >= 15 is 0 Å². The smallest absolute Gasteiger partial charge is 0.103 e. The zero-order chi connectivity index (χ0) is 18.4. The highest BCUT2D eigenvalue weighted by Crippen LogP contribution is 2.39. The van der Waals surface area contributed by atoms with E-state index in [9.17, 15) is 13.0 Å². The van der Waals surface area contributed by atoms with Crippen LogP contribution in [0.3, 0.4) is 0 Å². The largest absolute Gasteiger partial charge is 0.747 e. The van der Waals surface area contributed by atoms with Gasteiger partial charge in [-0.2, -0.15) is 0 Å². The summed E-state index contributed by atoms with van der Waals surface area (Å²) in [4.78, 5) is 0. The van der Waals surface area contributed by atoms with Gasteiger partial charge in [0.05, 0.1) is 15.9 Å². The summed E-state index contributed by atoms with van der Waals surface area (Å²) in [7, 11) is -4.52. The molecule has 0 unspecified atom stereocenters. The Bertz CT molecular complexity index is 849. The van der Waals surface area contributed by atoms with Crippen LogP contribution in [0.5, 0.6) is 0 Å². The van der Waals surface area contributed by atoms with Crippen LogP contribution in [0, 0.1) is 0 Å². The van der Waals surface area contributed by atoms with Crippen molar-refractivity contribution in [3.63, 3.8) is 0 Å². The number of ether oxygens (including phenoxy) is 1. The summed E-state index contributed by atoms with van der Waals surface area (Å²) in [5.41, 5.74) is -0.994. The van der Waals surface area contributed by atoms with Crippen molar-refractivity contribution in [1.82, 2.24) is 0 Å². The van der Waals surface area contributed by atoms with E-state index in [2.05, 4.69) is 0 Å². The molecule has 0 aliphatic heterocycles. The molecule has 0 heterocycles. The third-order valence-corrected chi connectivity index (χ3v) is 6.77. The lowest BCUT2D eigenvalue weighted by atomic mass is 9.89. The summed E-state index contributed by atoms with van der Waals surface area (Å²) in [5.74, 6) is 0. The molecule has 0 bridgehead atoms. The van der Waals surface area contributed by atoms with Crippen LogP contribution in [0.15, 0.2) is 42.5 Å². The Morgan fingerprint density at radius 1 is 0.875 bits per heavy atom. The highest BCUT2D eigenvalue weighted by atomic mass is 32.2. The number of rotatable bonds is 5. The molecule has 0 spiro atoms. The molecule has 0 aliphatic rings. The molecule has 0 aliphatic carbocycles. The summed E-state index contributed by atoms with van der Waals surface area (Å²) >= 11 is 0. The molecule has 0 saturated heterocycles. The van der Waals surface area contributed by atoms with Crippen LogP contribution >= 0.6 is 0 Å². The van der Waals surface area contributed by atoms with E-state index in [1.807, 2.05) is 56.3 Å². The maximum absolute atomic E-state index is 11.7. The Balaban J connectivity index is 2.42. The summed E-state index contributed by atoms with van der Waals surface area (Å²) in [6, 6.07) is 14.0. The van der Waals surface area contributed by atoms with E-state index in [0.29, 0.717) is 0 Å². The van der Waals surface area contributed by atoms with Crippen molar-refractivity contribution in [3.05, 3.63) is 48.0 Å². The van der Waals surface area contributed by atoms with Gasteiger partial charge in [0.1, 0.15) is 10.1 Å². The fourth-order valence-corrected chi connectivity index (χ4v) is 3.33. The molecule has 5 heteroatoms. The van der Waals surface area contributed by atoms with Gasteiger partial charge in [-0.3, -0.25) is 0 Å². The van der Waals surface area contributed by atoms with Gasteiger partial charge in [-0.1, -0.05) is 36.4 Å². The monoisotopic (exact) mass is 349 g/mol. The Labute approximate surface area is 144 Å². The van der Waals surface area contributed by atoms with Crippen molar-refractivity contribution < 1.29 is 17.7 Å². The van der Waals surface area contributed by atoms with Gasteiger partial charge in [0, 0.05) is 0 Å². The van der Waals surface area contributed by atoms with Crippen molar-refractivity contribution in [1.29, 1.82) is 0 Å². The fraction of sp³-hybridized carbons (Fsp3) is 0.474. The highest BCUT2D eigenvalue weighted by Gasteiger charge is 2.46. The number of hydrogen-bond donors (Lipinski definition) is 0. The highest BCUT2D eigenvalue weighted by molar-refractivity contribution is 7.87. The Morgan fingerprint density at radius 2 is 1.42 bits per heavy atom. The molecule has 0 N–H and O–H groups in total. The third kappa shape index (κ3) is 3.34. The normalized spacial score (nSPS) is 14.1. The van der Waals surface area contributed by atoms with Gasteiger partial charge < -0.3 is 9.29 Å². The maximum Gasteiger partial charge on any atom is 0.103 e. The zero-order valence-electron chi connectivity index (χ0n) is 15.1. The molecule has 0 atom stereocenters. The maximum atomic E-state index is 11.7. The van der Waals surface area contributed by atoms with E-state index in [0.717, 1.165) is 16.3 Å². The lowest BCUT2D eigenvalue weighted by molar-refractivity contribution is -0.142. The molecule has 0 saturated carbocycles. The van der Waals surface area contributed by atoms with Crippen molar-refractivity contribution in [2.45, 2.75) is 57.5 Å². The molecule has 2 aromatic carbocycles. The minimum atomic E-state index is -4.52. The minimum Gasteiger partial charge on any atom is -0.747 e. The van der Waals surface area contributed by atoms with Gasteiger partial charge in [-0.15, -0.1) is 0 Å². The van der Waals surface area contributed by atoms with Crippen LogP contribution in [0.25, 0.3) is 10.8 Å². The average molecular weight is 349 g/mol. The molecule has 132 valence electrons. The van der Waals surface area contributed by atoms with Gasteiger partial charge in [-0.25, -0.2) is 8.42 Å². The van der Waals surface area contributed by atoms with Crippen LogP contribution in [0.4, 0.5) is 0 Å². The molecule has 4 nitrogen and oxygen atoms in total. The van der Waals surface area contributed by atoms with Gasteiger partial charge >= 0.3 is 0 Å². The van der Waals surface area contributed by atoms with Crippen molar-refractivity contribution in [3.8, 4) is 0 Å². The molecule has 0 amide bonds. The van der Waals surface area contributed by atoms with Gasteiger partial charge in [0.15, 0.2) is 0 Å². The van der Waals surface area contributed by atoms with Crippen LogP contribution in [-0.2, 0) is 20.5 Å². The summed E-state index contributed by atoms with van der Waals surface area (Å²) in [6.07, 6.45) is 0. The van der Waals surface area contributed by atoms with Crippen LogP contribution in [-0.4, -0.2) is 23.3 Å². The summed E-state index contributed by atoms with van der Waals surface area (Å²) in [5, 5.41) is 2.21.